The van der Waals surface area contributed by atoms with Crippen molar-refractivity contribution in [3.05, 3.63) is 35.4 Å². The van der Waals surface area contributed by atoms with Crippen molar-refractivity contribution < 1.29 is 19.1 Å². The predicted molar refractivity (Wildman–Crippen MR) is 146 cm³/mol. The van der Waals surface area contributed by atoms with Crippen LogP contribution in [0.25, 0.3) is 0 Å². The van der Waals surface area contributed by atoms with E-state index in [2.05, 4.69) is 24.5 Å². The maximum Gasteiger partial charge on any atom is 0.408 e. The molecule has 0 aliphatic carbocycles. The van der Waals surface area contributed by atoms with Gasteiger partial charge in [0, 0.05) is 13.1 Å². The second-order valence-corrected chi connectivity index (χ2v) is 10.7. The second-order valence-electron chi connectivity index (χ2n) is 10.7. The van der Waals surface area contributed by atoms with Gasteiger partial charge in [0.05, 0.1) is 0 Å². The van der Waals surface area contributed by atoms with E-state index in [-0.39, 0.29) is 17.7 Å². The molecule has 0 bridgehead atoms. The Kier molecular flexibility index (Phi) is 13.6. The van der Waals surface area contributed by atoms with E-state index in [1.165, 1.54) is 0 Å². The van der Waals surface area contributed by atoms with Crippen molar-refractivity contribution in [3.63, 3.8) is 0 Å². The molecule has 3 atom stereocenters. The van der Waals surface area contributed by atoms with Crippen LogP contribution in [0.1, 0.15) is 104 Å². The molecule has 0 aliphatic heterocycles. The summed E-state index contributed by atoms with van der Waals surface area (Å²) in [5, 5.41) is 5.87. The number of aryl methyl sites for hydroxylation is 1. The van der Waals surface area contributed by atoms with E-state index in [1.54, 1.807) is 25.7 Å². The number of nitrogens with one attached hydrogen (secondary N) is 2. The summed E-state index contributed by atoms with van der Waals surface area (Å²) in [7, 11) is 0. The first-order valence-corrected chi connectivity index (χ1v) is 13.6. The third kappa shape index (κ3) is 10.6. The van der Waals surface area contributed by atoms with Gasteiger partial charge < -0.3 is 20.3 Å². The molecule has 0 spiro atoms. The van der Waals surface area contributed by atoms with Crippen molar-refractivity contribution in [1.29, 1.82) is 0 Å². The third-order valence-corrected chi connectivity index (χ3v) is 6.18. The van der Waals surface area contributed by atoms with Crippen molar-refractivity contribution in [2.24, 2.45) is 5.92 Å². The van der Waals surface area contributed by atoms with Gasteiger partial charge in [-0.2, -0.15) is 0 Å². The Morgan fingerprint density at radius 1 is 1.03 bits per heavy atom. The Bertz CT molecular complexity index is 834. The van der Waals surface area contributed by atoms with Gasteiger partial charge in [-0.1, -0.05) is 83.2 Å². The minimum absolute atomic E-state index is 0.139. The Morgan fingerprint density at radius 2 is 1.69 bits per heavy atom. The number of hydrogen-bond acceptors (Lipinski definition) is 4. The first kappa shape index (κ1) is 31.5. The fourth-order valence-corrected chi connectivity index (χ4v) is 3.99. The zero-order chi connectivity index (χ0) is 27.3. The molecule has 0 radical (unpaired) electrons. The summed E-state index contributed by atoms with van der Waals surface area (Å²) in [4.78, 5) is 42.0. The Hall–Kier alpha value is -2.57. The summed E-state index contributed by atoms with van der Waals surface area (Å²) < 4.78 is 5.46. The number of carbonyl (C=O) groups is 3. The van der Waals surface area contributed by atoms with E-state index < -0.39 is 23.8 Å². The number of hydrogen-bond donors (Lipinski definition) is 2. The number of amides is 3. The van der Waals surface area contributed by atoms with Crippen molar-refractivity contribution in [1.82, 2.24) is 15.5 Å². The summed E-state index contributed by atoms with van der Waals surface area (Å²) in [6.07, 6.45) is 4.66. The van der Waals surface area contributed by atoms with Crippen LogP contribution < -0.4 is 10.6 Å². The molecule has 0 fully saturated rings. The van der Waals surface area contributed by atoms with Crippen LogP contribution in [0.2, 0.25) is 0 Å². The highest BCUT2D eigenvalue weighted by Crippen LogP contribution is 2.26. The highest BCUT2D eigenvalue weighted by Gasteiger charge is 2.37. The molecular formula is C29H49N3O4. The van der Waals surface area contributed by atoms with Crippen LogP contribution in [0.3, 0.4) is 0 Å². The molecule has 7 nitrogen and oxygen atoms in total. The molecule has 7 heteroatoms. The number of nitrogens with zero attached hydrogens (tertiary/aromatic N) is 1. The maximum atomic E-state index is 14.1. The zero-order valence-electron chi connectivity index (χ0n) is 23.8. The van der Waals surface area contributed by atoms with Gasteiger partial charge in [0.25, 0.3) is 0 Å². The van der Waals surface area contributed by atoms with Crippen LogP contribution in [0.4, 0.5) is 4.79 Å². The Labute approximate surface area is 218 Å². The molecule has 0 saturated carbocycles. The molecule has 204 valence electrons. The average Bonchev–Trinajstić information content (AvgIpc) is 2.80. The molecule has 3 unspecified atom stereocenters. The number of unbranched alkanes of at least 4 members (excludes halogenated alkanes) is 3. The van der Waals surface area contributed by atoms with Gasteiger partial charge in [-0.3, -0.25) is 9.59 Å². The lowest BCUT2D eigenvalue weighted by Crippen LogP contribution is -2.55. The van der Waals surface area contributed by atoms with E-state index in [0.29, 0.717) is 19.5 Å². The summed E-state index contributed by atoms with van der Waals surface area (Å²) in [6, 6.07) is 6.16. The molecule has 0 aliphatic rings. The van der Waals surface area contributed by atoms with Crippen LogP contribution in [-0.2, 0) is 14.3 Å². The fourth-order valence-electron chi connectivity index (χ4n) is 3.99. The molecule has 0 aromatic heterocycles. The second kappa shape index (κ2) is 15.5. The molecule has 0 saturated heterocycles. The molecule has 0 heterocycles. The normalized spacial score (nSPS) is 13.9. The van der Waals surface area contributed by atoms with Crippen LogP contribution >= 0.6 is 0 Å². The van der Waals surface area contributed by atoms with Crippen molar-refractivity contribution >= 4 is 17.9 Å². The summed E-state index contributed by atoms with van der Waals surface area (Å²) in [5.74, 6) is -0.597. The van der Waals surface area contributed by atoms with Crippen molar-refractivity contribution in [3.8, 4) is 0 Å². The van der Waals surface area contributed by atoms with Crippen LogP contribution in [0.5, 0.6) is 0 Å². The van der Waals surface area contributed by atoms with Crippen LogP contribution in [0, 0.1) is 12.8 Å². The lowest BCUT2D eigenvalue weighted by molar-refractivity contribution is -0.143. The Balaban J connectivity index is 3.41. The number of alkyl carbamates (subject to hydrolysis) is 1. The van der Waals surface area contributed by atoms with Gasteiger partial charge in [0.1, 0.15) is 17.7 Å². The molecule has 2 N–H and O–H groups in total. The van der Waals surface area contributed by atoms with E-state index in [1.807, 2.05) is 45.0 Å². The first-order valence-electron chi connectivity index (χ1n) is 13.6. The SMILES string of the molecule is CCCCCNC(=O)C(c1cccc(C)c1)N(CCCC)C(=O)C(NC(=O)OC(C)(C)C)C(C)CC. The third-order valence-electron chi connectivity index (χ3n) is 6.18. The highest BCUT2D eigenvalue weighted by molar-refractivity contribution is 5.92. The first-order chi connectivity index (χ1) is 16.9. The molecule has 1 rings (SSSR count). The smallest absolute Gasteiger partial charge is 0.408 e. The van der Waals surface area contributed by atoms with E-state index in [0.717, 1.165) is 43.2 Å². The fraction of sp³-hybridized carbons (Fsp3) is 0.690. The molecule has 1 aromatic carbocycles. The van der Waals surface area contributed by atoms with Crippen molar-refractivity contribution in [2.45, 2.75) is 112 Å². The minimum Gasteiger partial charge on any atom is -0.444 e. The van der Waals surface area contributed by atoms with Gasteiger partial charge in [-0.05, 0) is 52.0 Å². The average molecular weight is 504 g/mol. The number of ether oxygens (including phenoxy) is 1. The van der Waals surface area contributed by atoms with E-state index in [9.17, 15) is 14.4 Å². The summed E-state index contributed by atoms with van der Waals surface area (Å²) >= 11 is 0. The summed E-state index contributed by atoms with van der Waals surface area (Å²) in [5.41, 5.74) is 1.11. The van der Waals surface area contributed by atoms with Gasteiger partial charge in [0.15, 0.2) is 0 Å². The molecule has 1 aromatic rings. The van der Waals surface area contributed by atoms with Crippen molar-refractivity contribution in [2.75, 3.05) is 13.1 Å². The van der Waals surface area contributed by atoms with Crippen LogP contribution in [0.15, 0.2) is 24.3 Å². The summed E-state index contributed by atoms with van der Waals surface area (Å²) in [6.45, 7) is 16.4. The monoisotopic (exact) mass is 503 g/mol. The van der Waals surface area contributed by atoms with Crippen LogP contribution in [-0.4, -0.2) is 47.5 Å². The topological polar surface area (TPSA) is 87.7 Å². The lowest BCUT2D eigenvalue weighted by atomic mass is 9.95. The minimum atomic E-state index is -0.804. The molecular weight excluding hydrogens is 454 g/mol. The lowest BCUT2D eigenvalue weighted by Gasteiger charge is -2.36. The largest absolute Gasteiger partial charge is 0.444 e. The highest BCUT2D eigenvalue weighted by atomic mass is 16.6. The van der Waals surface area contributed by atoms with E-state index in [4.69, 9.17) is 4.74 Å². The van der Waals surface area contributed by atoms with Gasteiger partial charge in [-0.15, -0.1) is 0 Å². The Morgan fingerprint density at radius 3 is 2.25 bits per heavy atom. The van der Waals surface area contributed by atoms with Gasteiger partial charge >= 0.3 is 6.09 Å². The quantitative estimate of drug-likeness (QED) is 0.309. The predicted octanol–water partition coefficient (Wildman–Crippen LogP) is 5.91. The zero-order valence-corrected chi connectivity index (χ0v) is 23.8. The van der Waals surface area contributed by atoms with E-state index >= 15 is 0 Å². The maximum absolute atomic E-state index is 14.1. The van der Waals surface area contributed by atoms with Gasteiger partial charge in [-0.25, -0.2) is 4.79 Å². The number of benzene rings is 1. The number of rotatable bonds is 14. The molecule has 36 heavy (non-hydrogen) atoms. The van der Waals surface area contributed by atoms with Gasteiger partial charge in [0.2, 0.25) is 11.8 Å². The standard InChI is InChI=1S/C29H49N3O4/c1-9-12-14-18-30-26(33)25(23-17-15-16-21(4)20-23)32(19-13-10-2)27(34)24(22(5)11-3)31-28(35)36-29(6,7)8/h15-17,20,22,24-25H,9-14,18-19H2,1-8H3,(H,30,33)(H,31,35). The number of carbonyl (C=O) groups excluding carboxylic acids is 3. The molecule has 3 amide bonds.